The zero-order valence-electron chi connectivity index (χ0n) is 16.2. The van der Waals surface area contributed by atoms with Gasteiger partial charge in [-0.25, -0.2) is 4.98 Å². The Morgan fingerprint density at radius 1 is 1.21 bits per heavy atom. The van der Waals surface area contributed by atoms with E-state index >= 15 is 0 Å². The minimum atomic E-state index is 0.00962. The zero-order chi connectivity index (χ0) is 19.7. The van der Waals surface area contributed by atoms with Gasteiger partial charge in [0.15, 0.2) is 6.04 Å². The first-order chi connectivity index (χ1) is 13.6. The number of aliphatic hydroxyl groups is 1. The first-order valence-corrected chi connectivity index (χ1v) is 10.4. The Bertz CT molecular complexity index is 931. The number of fused-ring (bicyclic) bond motifs is 1. The number of hydrogen-bond acceptors (Lipinski definition) is 6. The van der Waals surface area contributed by atoms with Crippen LogP contribution in [0.3, 0.4) is 0 Å². The van der Waals surface area contributed by atoms with Crippen LogP contribution in [0, 0.1) is 6.92 Å². The molecule has 3 heterocycles. The normalized spacial score (nSPS) is 21.1. The van der Waals surface area contributed by atoms with Gasteiger partial charge in [-0.2, -0.15) is 4.52 Å². The SMILES string of the molecule is COc1ccc([C@@H](c2sc3nc(C)nn3c2O)[NH+]2CC[NH+](CCO)CC2)cc1. The van der Waals surface area contributed by atoms with Gasteiger partial charge < -0.3 is 24.7 Å². The molecule has 0 aliphatic carbocycles. The maximum Gasteiger partial charge on any atom is 0.235 e. The molecule has 0 amide bonds. The number of hydrogen-bond donors (Lipinski definition) is 4. The number of thiazole rings is 1. The summed E-state index contributed by atoms with van der Waals surface area (Å²) in [6, 6.07) is 8.09. The van der Waals surface area contributed by atoms with E-state index in [0.717, 1.165) is 48.9 Å². The maximum absolute atomic E-state index is 10.9. The molecule has 0 spiro atoms. The highest BCUT2D eigenvalue weighted by Gasteiger charge is 2.36. The number of aryl methyl sites for hydroxylation is 1. The van der Waals surface area contributed by atoms with Crippen molar-refractivity contribution in [1.82, 2.24) is 14.6 Å². The largest absolute Gasteiger partial charge is 0.497 e. The number of quaternary nitrogens is 2. The lowest BCUT2D eigenvalue weighted by atomic mass is 10.0. The number of aromatic nitrogens is 3. The second-order valence-corrected chi connectivity index (χ2v) is 8.24. The molecule has 9 heteroatoms. The van der Waals surface area contributed by atoms with Gasteiger partial charge in [0.25, 0.3) is 0 Å². The Hall–Kier alpha value is -2.20. The van der Waals surface area contributed by atoms with Gasteiger partial charge in [0.05, 0.1) is 13.7 Å². The van der Waals surface area contributed by atoms with Gasteiger partial charge in [-0.1, -0.05) is 11.3 Å². The average molecular weight is 406 g/mol. The minimum Gasteiger partial charge on any atom is -0.497 e. The Labute approximate surface area is 167 Å². The second kappa shape index (κ2) is 8.04. The number of aliphatic hydroxyl groups excluding tert-OH is 1. The number of nitrogens with one attached hydrogen (secondary N) is 2. The Morgan fingerprint density at radius 2 is 1.93 bits per heavy atom. The van der Waals surface area contributed by atoms with Crippen LogP contribution in [0.15, 0.2) is 24.3 Å². The van der Waals surface area contributed by atoms with Crippen molar-refractivity contribution in [2.24, 2.45) is 0 Å². The highest BCUT2D eigenvalue weighted by atomic mass is 32.1. The molecule has 0 radical (unpaired) electrons. The number of methoxy groups -OCH3 is 1. The van der Waals surface area contributed by atoms with Crippen LogP contribution in [0.2, 0.25) is 0 Å². The van der Waals surface area contributed by atoms with Crippen molar-refractivity contribution < 1.29 is 24.7 Å². The summed E-state index contributed by atoms with van der Waals surface area (Å²) in [6.07, 6.45) is 0. The average Bonchev–Trinajstić information content (AvgIpc) is 3.22. The minimum absolute atomic E-state index is 0.00962. The summed E-state index contributed by atoms with van der Waals surface area (Å²) >= 11 is 1.50. The molecule has 1 aromatic carbocycles. The van der Waals surface area contributed by atoms with Gasteiger partial charge >= 0.3 is 0 Å². The van der Waals surface area contributed by atoms with E-state index in [0.29, 0.717) is 10.8 Å². The molecule has 4 rings (SSSR count). The Kier molecular flexibility index (Phi) is 5.49. The number of aromatic hydroxyl groups is 1. The predicted molar refractivity (Wildman–Crippen MR) is 105 cm³/mol. The summed E-state index contributed by atoms with van der Waals surface area (Å²) in [5.41, 5.74) is 1.14. The molecule has 1 saturated heterocycles. The van der Waals surface area contributed by atoms with Crippen molar-refractivity contribution in [1.29, 1.82) is 0 Å². The van der Waals surface area contributed by atoms with Crippen LogP contribution in [0.25, 0.3) is 4.96 Å². The van der Waals surface area contributed by atoms with Crippen LogP contribution < -0.4 is 14.5 Å². The number of rotatable bonds is 6. The van der Waals surface area contributed by atoms with Gasteiger partial charge in [0.2, 0.25) is 10.8 Å². The molecule has 3 aromatic rings. The van der Waals surface area contributed by atoms with E-state index < -0.39 is 0 Å². The topological polar surface area (TPSA) is 88.8 Å². The third-order valence-electron chi connectivity index (χ3n) is 5.49. The van der Waals surface area contributed by atoms with E-state index in [4.69, 9.17) is 4.74 Å². The Morgan fingerprint density at radius 3 is 2.54 bits per heavy atom. The standard InChI is InChI=1S/C19H25N5O3S/c1-13-20-19-24(21-13)18(26)17(28-19)16(14-3-5-15(27-2)6-4-14)23-9-7-22(8-10-23)11-12-25/h3-6,16,25-26H,7-12H2,1-2H3/p+2/t16-/m0/s1. The maximum atomic E-state index is 10.9. The van der Waals surface area contributed by atoms with Crippen LogP contribution in [0.1, 0.15) is 22.3 Å². The van der Waals surface area contributed by atoms with Gasteiger partial charge in [-0.3, -0.25) is 0 Å². The summed E-state index contributed by atoms with van der Waals surface area (Å²) in [7, 11) is 1.66. The van der Waals surface area contributed by atoms with Crippen molar-refractivity contribution in [3.63, 3.8) is 0 Å². The molecule has 8 nitrogen and oxygen atoms in total. The van der Waals surface area contributed by atoms with Crippen LogP contribution in [-0.2, 0) is 0 Å². The fraction of sp³-hybridized carbons (Fsp3) is 0.474. The highest BCUT2D eigenvalue weighted by Crippen LogP contribution is 2.35. The molecule has 28 heavy (non-hydrogen) atoms. The summed E-state index contributed by atoms with van der Waals surface area (Å²) in [5, 5.41) is 24.4. The van der Waals surface area contributed by atoms with Gasteiger partial charge in [-0.15, -0.1) is 5.10 Å². The van der Waals surface area contributed by atoms with Crippen LogP contribution in [0.4, 0.5) is 0 Å². The number of piperazine rings is 1. The fourth-order valence-electron chi connectivity index (χ4n) is 4.03. The quantitative estimate of drug-likeness (QED) is 0.409. The third kappa shape index (κ3) is 3.58. The highest BCUT2D eigenvalue weighted by molar-refractivity contribution is 7.17. The number of nitrogens with zero attached hydrogens (tertiary/aromatic N) is 3. The van der Waals surface area contributed by atoms with E-state index in [1.807, 2.05) is 19.1 Å². The van der Waals surface area contributed by atoms with E-state index in [1.165, 1.54) is 21.1 Å². The molecule has 0 saturated carbocycles. The lowest BCUT2D eigenvalue weighted by Crippen LogP contribution is -3.28. The predicted octanol–water partition coefficient (Wildman–Crippen LogP) is -1.32. The zero-order valence-corrected chi connectivity index (χ0v) is 17.0. The first kappa shape index (κ1) is 19.1. The molecule has 1 atom stereocenters. The lowest BCUT2D eigenvalue weighted by molar-refractivity contribution is -1.02. The summed E-state index contributed by atoms with van der Waals surface area (Å²) in [6.45, 7) is 6.79. The number of benzene rings is 1. The van der Waals surface area contributed by atoms with Crippen LogP contribution >= 0.6 is 11.3 Å². The molecule has 2 aromatic heterocycles. The van der Waals surface area contributed by atoms with E-state index in [1.54, 1.807) is 11.6 Å². The fourth-order valence-corrected chi connectivity index (χ4v) is 5.21. The first-order valence-electron chi connectivity index (χ1n) is 9.58. The van der Waals surface area contributed by atoms with Crippen molar-refractivity contribution in [3.8, 4) is 11.6 Å². The summed E-state index contributed by atoms with van der Waals surface area (Å²) in [4.78, 5) is 8.87. The molecule has 0 bridgehead atoms. The summed E-state index contributed by atoms with van der Waals surface area (Å²) in [5.74, 6) is 1.65. The van der Waals surface area contributed by atoms with Gasteiger partial charge in [0, 0.05) is 5.56 Å². The molecular formula is C19H27N5O3S+2. The summed E-state index contributed by atoms with van der Waals surface area (Å²) < 4.78 is 6.85. The molecule has 1 fully saturated rings. The molecule has 150 valence electrons. The second-order valence-electron chi connectivity index (χ2n) is 7.23. The molecule has 1 aliphatic rings. The number of ether oxygens (including phenoxy) is 1. The lowest BCUT2D eigenvalue weighted by Gasteiger charge is -2.34. The Balaban J connectivity index is 1.70. The van der Waals surface area contributed by atoms with E-state index in [9.17, 15) is 10.2 Å². The molecular weight excluding hydrogens is 378 g/mol. The smallest absolute Gasteiger partial charge is 0.235 e. The van der Waals surface area contributed by atoms with Gasteiger partial charge in [-0.05, 0) is 31.2 Å². The molecule has 1 aliphatic heterocycles. The van der Waals surface area contributed by atoms with E-state index in [-0.39, 0.29) is 18.5 Å². The molecule has 4 N–H and O–H groups in total. The van der Waals surface area contributed by atoms with Crippen LogP contribution in [-0.4, -0.2) is 71.3 Å². The third-order valence-corrected chi connectivity index (χ3v) is 6.57. The molecule has 0 unspecified atom stereocenters. The van der Waals surface area contributed by atoms with E-state index in [2.05, 4.69) is 22.2 Å². The van der Waals surface area contributed by atoms with Crippen LogP contribution in [0.5, 0.6) is 11.6 Å². The van der Waals surface area contributed by atoms with Crippen molar-refractivity contribution >= 4 is 16.3 Å². The van der Waals surface area contributed by atoms with Crippen molar-refractivity contribution in [2.45, 2.75) is 13.0 Å². The monoisotopic (exact) mass is 405 g/mol. The van der Waals surface area contributed by atoms with Gasteiger partial charge in [0.1, 0.15) is 49.2 Å². The van der Waals surface area contributed by atoms with Crippen molar-refractivity contribution in [2.75, 3.05) is 46.4 Å². The van der Waals surface area contributed by atoms with Crippen molar-refractivity contribution in [3.05, 3.63) is 40.5 Å².